The summed E-state index contributed by atoms with van der Waals surface area (Å²) in [4.78, 5) is 5.45. The van der Waals surface area contributed by atoms with Crippen LogP contribution in [0.25, 0.3) is 0 Å². The first-order chi connectivity index (χ1) is 7.86. The van der Waals surface area contributed by atoms with Crippen molar-refractivity contribution in [2.45, 2.75) is 13.0 Å². The standard InChI is InChI=1S/C12H13BrN2S/c13-11-4-7-16-12(11)9-15-6-3-10-2-1-5-14-8-10/h1-2,4-5,7-8,15H,3,6,9H2. The maximum atomic E-state index is 4.09. The third-order valence-corrected chi connectivity index (χ3v) is 4.22. The second-order valence-corrected chi connectivity index (χ2v) is 5.33. The van der Waals surface area contributed by atoms with Gasteiger partial charge in [-0.15, -0.1) is 11.3 Å². The van der Waals surface area contributed by atoms with Crippen molar-refractivity contribution in [2.24, 2.45) is 0 Å². The Kier molecular flexibility index (Phi) is 4.51. The fourth-order valence-corrected chi connectivity index (χ4v) is 2.89. The van der Waals surface area contributed by atoms with Crippen LogP contribution in [0.15, 0.2) is 40.4 Å². The summed E-state index contributed by atoms with van der Waals surface area (Å²) in [7, 11) is 0. The van der Waals surface area contributed by atoms with Gasteiger partial charge in [0.05, 0.1) is 0 Å². The third-order valence-electron chi connectivity index (χ3n) is 2.29. The van der Waals surface area contributed by atoms with E-state index >= 15 is 0 Å². The summed E-state index contributed by atoms with van der Waals surface area (Å²) in [5.74, 6) is 0. The van der Waals surface area contributed by atoms with Gasteiger partial charge in [0, 0.05) is 28.3 Å². The minimum Gasteiger partial charge on any atom is -0.311 e. The zero-order valence-corrected chi connectivity index (χ0v) is 11.2. The van der Waals surface area contributed by atoms with Crippen molar-refractivity contribution >= 4 is 27.3 Å². The summed E-state index contributed by atoms with van der Waals surface area (Å²) < 4.78 is 1.20. The SMILES string of the molecule is Brc1ccsc1CNCCc1cccnc1. The lowest BCUT2D eigenvalue weighted by Gasteiger charge is -2.03. The molecule has 16 heavy (non-hydrogen) atoms. The zero-order valence-electron chi connectivity index (χ0n) is 8.82. The highest BCUT2D eigenvalue weighted by Gasteiger charge is 1.99. The molecule has 0 aromatic carbocycles. The van der Waals surface area contributed by atoms with E-state index in [1.165, 1.54) is 14.9 Å². The van der Waals surface area contributed by atoms with Crippen molar-refractivity contribution < 1.29 is 0 Å². The van der Waals surface area contributed by atoms with Crippen molar-refractivity contribution in [2.75, 3.05) is 6.54 Å². The molecule has 2 nitrogen and oxygen atoms in total. The molecule has 0 aliphatic rings. The lowest BCUT2D eigenvalue weighted by atomic mass is 10.2. The summed E-state index contributed by atoms with van der Waals surface area (Å²) in [5, 5.41) is 5.53. The van der Waals surface area contributed by atoms with Crippen LogP contribution in [0.4, 0.5) is 0 Å². The minimum atomic E-state index is 0.929. The van der Waals surface area contributed by atoms with Gasteiger partial charge in [0.15, 0.2) is 0 Å². The van der Waals surface area contributed by atoms with Crippen molar-refractivity contribution in [3.05, 3.63) is 50.9 Å². The first-order valence-corrected chi connectivity index (χ1v) is 6.85. The second kappa shape index (κ2) is 6.13. The van der Waals surface area contributed by atoms with E-state index in [-0.39, 0.29) is 0 Å². The van der Waals surface area contributed by atoms with Crippen LogP contribution in [0.3, 0.4) is 0 Å². The summed E-state index contributed by atoms with van der Waals surface area (Å²) >= 11 is 5.30. The van der Waals surface area contributed by atoms with Crippen LogP contribution in [0, 0.1) is 0 Å². The largest absolute Gasteiger partial charge is 0.311 e. The molecule has 84 valence electrons. The van der Waals surface area contributed by atoms with Gasteiger partial charge in [-0.1, -0.05) is 6.07 Å². The number of rotatable bonds is 5. The number of nitrogens with zero attached hydrogens (tertiary/aromatic N) is 1. The molecule has 2 rings (SSSR count). The molecule has 0 aliphatic carbocycles. The monoisotopic (exact) mass is 296 g/mol. The first kappa shape index (κ1) is 11.8. The third kappa shape index (κ3) is 3.40. The van der Waals surface area contributed by atoms with E-state index in [9.17, 15) is 0 Å². The van der Waals surface area contributed by atoms with E-state index in [1.807, 2.05) is 12.3 Å². The molecule has 2 aromatic rings. The fourth-order valence-electron chi connectivity index (χ4n) is 1.43. The van der Waals surface area contributed by atoms with Gasteiger partial charge >= 0.3 is 0 Å². The maximum absolute atomic E-state index is 4.09. The van der Waals surface area contributed by atoms with E-state index in [0.717, 1.165) is 19.5 Å². The molecule has 0 radical (unpaired) electrons. The van der Waals surface area contributed by atoms with Crippen LogP contribution in [-0.2, 0) is 13.0 Å². The Morgan fingerprint density at radius 1 is 1.38 bits per heavy atom. The Bertz CT molecular complexity index is 428. The zero-order chi connectivity index (χ0) is 11.2. The van der Waals surface area contributed by atoms with E-state index < -0.39 is 0 Å². The molecule has 0 fully saturated rings. The fraction of sp³-hybridized carbons (Fsp3) is 0.250. The smallest absolute Gasteiger partial charge is 0.0327 e. The Morgan fingerprint density at radius 3 is 3.00 bits per heavy atom. The highest BCUT2D eigenvalue weighted by Crippen LogP contribution is 2.21. The molecule has 2 aromatic heterocycles. The molecular formula is C12H13BrN2S. The Morgan fingerprint density at radius 2 is 2.31 bits per heavy atom. The van der Waals surface area contributed by atoms with Gasteiger partial charge in [-0.05, 0) is 52.0 Å². The van der Waals surface area contributed by atoms with Gasteiger partial charge < -0.3 is 5.32 Å². The Hall–Kier alpha value is -0.710. The summed E-state index contributed by atoms with van der Waals surface area (Å²) in [6.45, 7) is 1.91. The number of thiophene rings is 1. The molecule has 0 amide bonds. The number of aromatic nitrogens is 1. The lowest BCUT2D eigenvalue weighted by molar-refractivity contribution is 0.691. The predicted molar refractivity (Wildman–Crippen MR) is 71.7 cm³/mol. The van der Waals surface area contributed by atoms with E-state index in [1.54, 1.807) is 17.5 Å². The van der Waals surface area contributed by atoms with Crippen LogP contribution < -0.4 is 5.32 Å². The first-order valence-electron chi connectivity index (χ1n) is 5.18. The van der Waals surface area contributed by atoms with Crippen LogP contribution >= 0.6 is 27.3 Å². The average molecular weight is 297 g/mol. The lowest BCUT2D eigenvalue weighted by Crippen LogP contribution is -2.16. The van der Waals surface area contributed by atoms with Crippen LogP contribution in [0.1, 0.15) is 10.4 Å². The number of halogens is 1. The van der Waals surface area contributed by atoms with E-state index in [4.69, 9.17) is 0 Å². The average Bonchev–Trinajstić information content (AvgIpc) is 2.72. The molecule has 0 bridgehead atoms. The second-order valence-electron chi connectivity index (χ2n) is 3.48. The quantitative estimate of drug-likeness (QED) is 0.857. The van der Waals surface area contributed by atoms with Crippen LogP contribution in [-0.4, -0.2) is 11.5 Å². The topological polar surface area (TPSA) is 24.9 Å². The number of nitrogens with one attached hydrogen (secondary N) is 1. The Balaban J connectivity index is 1.72. The molecule has 4 heteroatoms. The normalized spacial score (nSPS) is 10.6. The van der Waals surface area contributed by atoms with Crippen molar-refractivity contribution in [3.8, 4) is 0 Å². The van der Waals surface area contributed by atoms with Crippen molar-refractivity contribution in [1.29, 1.82) is 0 Å². The number of hydrogen-bond acceptors (Lipinski definition) is 3. The van der Waals surface area contributed by atoms with E-state index in [2.05, 4.69) is 43.7 Å². The number of pyridine rings is 1. The van der Waals surface area contributed by atoms with Crippen LogP contribution in [0.5, 0.6) is 0 Å². The molecule has 0 spiro atoms. The van der Waals surface area contributed by atoms with E-state index in [0.29, 0.717) is 0 Å². The van der Waals surface area contributed by atoms with Crippen molar-refractivity contribution in [1.82, 2.24) is 10.3 Å². The predicted octanol–water partition coefficient (Wildman–Crippen LogP) is 3.24. The molecule has 2 heterocycles. The van der Waals surface area contributed by atoms with Gasteiger partial charge in [0.2, 0.25) is 0 Å². The summed E-state index contributed by atoms with van der Waals surface area (Å²) in [5.41, 5.74) is 1.28. The highest BCUT2D eigenvalue weighted by molar-refractivity contribution is 9.10. The molecule has 0 saturated carbocycles. The van der Waals surface area contributed by atoms with Gasteiger partial charge in [-0.25, -0.2) is 0 Å². The summed E-state index contributed by atoms with van der Waals surface area (Å²) in [6.07, 6.45) is 4.75. The van der Waals surface area contributed by atoms with Crippen LogP contribution in [0.2, 0.25) is 0 Å². The molecule has 1 N–H and O–H groups in total. The van der Waals surface area contributed by atoms with Gasteiger partial charge in [-0.2, -0.15) is 0 Å². The van der Waals surface area contributed by atoms with Crippen molar-refractivity contribution in [3.63, 3.8) is 0 Å². The summed E-state index contributed by atoms with van der Waals surface area (Å²) in [6, 6.07) is 6.17. The Labute approximate surface area is 108 Å². The molecule has 0 unspecified atom stereocenters. The van der Waals surface area contributed by atoms with Gasteiger partial charge in [-0.3, -0.25) is 4.98 Å². The van der Waals surface area contributed by atoms with Gasteiger partial charge in [0.1, 0.15) is 0 Å². The maximum Gasteiger partial charge on any atom is 0.0327 e. The molecule has 0 aliphatic heterocycles. The molecule has 0 atom stereocenters. The molecule has 0 saturated heterocycles. The molecular weight excluding hydrogens is 284 g/mol. The minimum absolute atomic E-state index is 0.929. The van der Waals surface area contributed by atoms with Gasteiger partial charge in [0.25, 0.3) is 0 Å². The number of hydrogen-bond donors (Lipinski definition) is 1. The highest BCUT2D eigenvalue weighted by atomic mass is 79.9.